The Morgan fingerprint density at radius 1 is 1.14 bits per heavy atom. The smallest absolute Gasteiger partial charge is 0.0561 e. The number of rotatable bonds is 5. The van der Waals surface area contributed by atoms with Crippen molar-refractivity contribution in [2.24, 2.45) is 0 Å². The molecular formula is C18H24ClNS. The van der Waals surface area contributed by atoms with Crippen LogP contribution in [0.5, 0.6) is 0 Å². The van der Waals surface area contributed by atoms with E-state index >= 15 is 0 Å². The molecular weight excluding hydrogens is 298 g/mol. The van der Waals surface area contributed by atoms with Gasteiger partial charge in [-0.3, -0.25) is 0 Å². The number of thiophene rings is 1. The van der Waals surface area contributed by atoms with Gasteiger partial charge in [0.25, 0.3) is 0 Å². The molecule has 3 heteroatoms. The van der Waals surface area contributed by atoms with Gasteiger partial charge in [0.1, 0.15) is 0 Å². The van der Waals surface area contributed by atoms with Crippen LogP contribution in [0.1, 0.15) is 49.7 Å². The lowest BCUT2D eigenvalue weighted by atomic mass is 9.86. The normalized spacial score (nSPS) is 13.4. The number of hydrogen-bond acceptors (Lipinski definition) is 2. The fraction of sp³-hybridized carbons (Fsp3) is 0.444. The van der Waals surface area contributed by atoms with Gasteiger partial charge in [-0.1, -0.05) is 63.6 Å². The van der Waals surface area contributed by atoms with E-state index in [0.29, 0.717) is 6.04 Å². The lowest BCUT2D eigenvalue weighted by Crippen LogP contribution is -2.22. The minimum Gasteiger partial charge on any atom is -0.309 e. The Bertz CT molecular complexity index is 566. The zero-order valence-electron chi connectivity index (χ0n) is 13.2. The second kappa shape index (κ2) is 6.95. The molecule has 0 radical (unpaired) electrons. The van der Waals surface area contributed by atoms with Crippen molar-refractivity contribution in [3.8, 4) is 0 Å². The molecule has 1 unspecified atom stereocenters. The van der Waals surface area contributed by atoms with E-state index in [2.05, 4.69) is 62.7 Å². The standard InChI is InChI=1S/C18H24ClNS/c1-5-20-16(17-15(19)10-11-21-17)12-13-6-8-14(9-7-13)18(2,3)4/h6-11,16,20H,5,12H2,1-4H3. The first kappa shape index (κ1) is 16.5. The fourth-order valence-corrected chi connectivity index (χ4v) is 3.70. The van der Waals surface area contributed by atoms with Gasteiger partial charge in [-0.25, -0.2) is 0 Å². The molecule has 0 spiro atoms. The molecule has 0 aliphatic carbocycles. The van der Waals surface area contributed by atoms with Gasteiger partial charge in [-0.15, -0.1) is 11.3 Å². The van der Waals surface area contributed by atoms with Crippen LogP contribution in [0.2, 0.25) is 5.02 Å². The molecule has 0 aliphatic heterocycles. The van der Waals surface area contributed by atoms with Crippen molar-refractivity contribution in [2.75, 3.05) is 6.54 Å². The first-order valence-electron chi connectivity index (χ1n) is 7.47. The SMILES string of the molecule is CCNC(Cc1ccc(C(C)(C)C)cc1)c1sccc1Cl. The van der Waals surface area contributed by atoms with Crippen LogP contribution in [0.25, 0.3) is 0 Å². The van der Waals surface area contributed by atoms with Crippen LogP contribution < -0.4 is 5.32 Å². The van der Waals surface area contributed by atoms with Gasteiger partial charge in [0.05, 0.1) is 5.02 Å². The first-order valence-corrected chi connectivity index (χ1v) is 8.73. The van der Waals surface area contributed by atoms with Crippen molar-refractivity contribution >= 4 is 22.9 Å². The van der Waals surface area contributed by atoms with Crippen molar-refractivity contribution in [2.45, 2.75) is 45.6 Å². The largest absolute Gasteiger partial charge is 0.309 e. The maximum atomic E-state index is 6.29. The third kappa shape index (κ3) is 4.32. The summed E-state index contributed by atoms with van der Waals surface area (Å²) in [6.45, 7) is 9.81. The molecule has 1 N–H and O–H groups in total. The van der Waals surface area contributed by atoms with Crippen LogP contribution >= 0.6 is 22.9 Å². The summed E-state index contributed by atoms with van der Waals surface area (Å²) in [7, 11) is 0. The highest BCUT2D eigenvalue weighted by Gasteiger charge is 2.17. The van der Waals surface area contributed by atoms with Gasteiger partial charge in [-0.05, 0) is 41.0 Å². The molecule has 1 nitrogen and oxygen atoms in total. The molecule has 2 rings (SSSR count). The van der Waals surface area contributed by atoms with E-state index in [1.54, 1.807) is 11.3 Å². The molecule has 0 amide bonds. The fourth-order valence-electron chi connectivity index (χ4n) is 2.43. The molecule has 21 heavy (non-hydrogen) atoms. The number of halogens is 1. The van der Waals surface area contributed by atoms with Crippen molar-refractivity contribution in [1.82, 2.24) is 5.32 Å². The predicted molar refractivity (Wildman–Crippen MR) is 94.6 cm³/mol. The monoisotopic (exact) mass is 321 g/mol. The quantitative estimate of drug-likeness (QED) is 0.756. The molecule has 1 aromatic carbocycles. The Morgan fingerprint density at radius 2 is 1.81 bits per heavy atom. The molecule has 114 valence electrons. The van der Waals surface area contributed by atoms with Crippen LogP contribution in [-0.4, -0.2) is 6.54 Å². The van der Waals surface area contributed by atoms with E-state index in [1.165, 1.54) is 16.0 Å². The number of benzene rings is 1. The first-order chi connectivity index (χ1) is 9.91. The minimum absolute atomic E-state index is 0.205. The van der Waals surface area contributed by atoms with E-state index in [4.69, 9.17) is 11.6 Å². The van der Waals surface area contributed by atoms with Gasteiger partial charge in [0, 0.05) is 10.9 Å². The van der Waals surface area contributed by atoms with Gasteiger partial charge in [0.15, 0.2) is 0 Å². The van der Waals surface area contributed by atoms with E-state index in [0.717, 1.165) is 18.0 Å². The van der Waals surface area contributed by atoms with Crippen LogP contribution in [-0.2, 0) is 11.8 Å². The zero-order chi connectivity index (χ0) is 15.5. The maximum Gasteiger partial charge on any atom is 0.0561 e. The Kier molecular flexibility index (Phi) is 5.48. The second-order valence-electron chi connectivity index (χ2n) is 6.39. The Balaban J connectivity index is 2.16. The third-order valence-corrected chi connectivity index (χ3v) is 5.14. The molecule has 0 saturated carbocycles. The summed E-state index contributed by atoms with van der Waals surface area (Å²) < 4.78 is 0. The van der Waals surface area contributed by atoms with Crippen molar-refractivity contribution in [3.05, 3.63) is 56.7 Å². The number of nitrogens with one attached hydrogen (secondary N) is 1. The molecule has 1 heterocycles. The third-order valence-electron chi connectivity index (χ3n) is 3.67. The summed E-state index contributed by atoms with van der Waals surface area (Å²) in [5, 5.41) is 6.48. The van der Waals surface area contributed by atoms with Crippen molar-refractivity contribution in [1.29, 1.82) is 0 Å². The van der Waals surface area contributed by atoms with Gasteiger partial charge < -0.3 is 5.32 Å². The maximum absolute atomic E-state index is 6.29. The molecule has 0 fully saturated rings. The van der Waals surface area contributed by atoms with Gasteiger partial charge in [0.2, 0.25) is 0 Å². The molecule has 1 aromatic heterocycles. The summed E-state index contributed by atoms with van der Waals surface area (Å²) in [4.78, 5) is 1.23. The summed E-state index contributed by atoms with van der Waals surface area (Å²) in [5.74, 6) is 0. The molecule has 0 saturated heterocycles. The molecule has 1 atom stereocenters. The van der Waals surface area contributed by atoms with Crippen LogP contribution in [0.4, 0.5) is 0 Å². The lowest BCUT2D eigenvalue weighted by Gasteiger charge is -2.21. The van der Waals surface area contributed by atoms with Crippen molar-refractivity contribution in [3.63, 3.8) is 0 Å². The molecule has 0 bridgehead atoms. The Labute approximate surface area is 137 Å². The molecule has 2 aromatic rings. The number of hydrogen-bond donors (Lipinski definition) is 1. The summed E-state index contributed by atoms with van der Waals surface area (Å²) in [6, 6.07) is 11.2. The molecule has 0 aliphatic rings. The van der Waals surface area contributed by atoms with Crippen LogP contribution in [0.3, 0.4) is 0 Å². The zero-order valence-corrected chi connectivity index (χ0v) is 14.8. The second-order valence-corrected chi connectivity index (χ2v) is 7.75. The topological polar surface area (TPSA) is 12.0 Å². The predicted octanol–water partition coefficient (Wildman–Crippen LogP) is 5.59. The van der Waals surface area contributed by atoms with E-state index in [-0.39, 0.29) is 5.41 Å². The highest BCUT2D eigenvalue weighted by molar-refractivity contribution is 7.10. The highest BCUT2D eigenvalue weighted by Crippen LogP contribution is 2.31. The Morgan fingerprint density at radius 3 is 2.29 bits per heavy atom. The Hall–Kier alpha value is -0.830. The summed E-state index contributed by atoms with van der Waals surface area (Å²) >= 11 is 8.02. The van der Waals surface area contributed by atoms with E-state index < -0.39 is 0 Å². The van der Waals surface area contributed by atoms with Gasteiger partial charge in [-0.2, -0.15) is 0 Å². The lowest BCUT2D eigenvalue weighted by molar-refractivity contribution is 0.557. The summed E-state index contributed by atoms with van der Waals surface area (Å²) in [6.07, 6.45) is 0.971. The minimum atomic E-state index is 0.205. The van der Waals surface area contributed by atoms with Crippen LogP contribution in [0, 0.1) is 0 Å². The number of likely N-dealkylation sites (N-methyl/N-ethyl adjacent to an activating group) is 1. The average Bonchev–Trinajstić information content (AvgIpc) is 2.84. The van der Waals surface area contributed by atoms with Crippen LogP contribution in [0.15, 0.2) is 35.7 Å². The van der Waals surface area contributed by atoms with E-state index in [9.17, 15) is 0 Å². The van der Waals surface area contributed by atoms with E-state index in [1.807, 2.05) is 6.07 Å². The van der Waals surface area contributed by atoms with Gasteiger partial charge >= 0.3 is 0 Å². The average molecular weight is 322 g/mol. The summed E-state index contributed by atoms with van der Waals surface area (Å²) in [5.41, 5.74) is 2.93. The van der Waals surface area contributed by atoms with Crippen molar-refractivity contribution < 1.29 is 0 Å². The highest BCUT2D eigenvalue weighted by atomic mass is 35.5.